The summed E-state index contributed by atoms with van der Waals surface area (Å²) in [5, 5.41) is 9.73. The molecule has 1 N–H and O–H groups in total. The molecule has 1 saturated carbocycles. The standard InChI is InChI=1S/C29H35N3O4/c1-18-7-4-5-8-21(18)15-19(2)32-25-12-11-20-13-14-31(29(35)36-3)17-24(20)26(25)30-27(32)22-9-6-10-23(16-22)28(33)34/h4-5,7-8,11-12,19,22-23H,6,9-10,13-17H2,1-3H3,(H,33,34)/t19-,22+,23+/m0/s1. The van der Waals surface area contributed by atoms with E-state index in [4.69, 9.17) is 9.72 Å². The Hall–Kier alpha value is -3.35. The number of benzene rings is 2. The van der Waals surface area contributed by atoms with Gasteiger partial charge in [-0.05, 0) is 68.7 Å². The van der Waals surface area contributed by atoms with Gasteiger partial charge in [0.1, 0.15) is 5.82 Å². The van der Waals surface area contributed by atoms with E-state index in [0.29, 0.717) is 19.5 Å². The Morgan fingerprint density at radius 3 is 2.75 bits per heavy atom. The number of aryl methyl sites for hydroxylation is 1. The number of carboxylic acid groups (broad SMARTS) is 1. The van der Waals surface area contributed by atoms with Crippen LogP contribution >= 0.6 is 0 Å². The number of fused-ring (bicyclic) bond motifs is 3. The number of methoxy groups -OCH3 is 1. The summed E-state index contributed by atoms with van der Waals surface area (Å²) in [7, 11) is 1.42. The minimum atomic E-state index is -0.707. The summed E-state index contributed by atoms with van der Waals surface area (Å²) in [6, 6.07) is 13.0. The Kier molecular flexibility index (Phi) is 6.73. The van der Waals surface area contributed by atoms with Crippen molar-refractivity contribution in [3.05, 3.63) is 64.5 Å². The Morgan fingerprint density at radius 1 is 1.19 bits per heavy atom. The summed E-state index contributed by atoms with van der Waals surface area (Å²) in [5.74, 6) is 0.0528. The molecule has 1 aromatic heterocycles. The molecule has 2 heterocycles. The van der Waals surface area contributed by atoms with E-state index < -0.39 is 5.97 Å². The van der Waals surface area contributed by atoms with Crippen LogP contribution < -0.4 is 0 Å². The van der Waals surface area contributed by atoms with Crippen molar-refractivity contribution in [3.8, 4) is 0 Å². The lowest BCUT2D eigenvalue weighted by molar-refractivity contribution is -0.143. The monoisotopic (exact) mass is 489 g/mol. The Bertz CT molecular complexity index is 1300. The molecule has 3 atom stereocenters. The first-order valence-corrected chi connectivity index (χ1v) is 13.0. The first kappa shape index (κ1) is 24.3. The molecule has 0 unspecified atom stereocenters. The summed E-state index contributed by atoms with van der Waals surface area (Å²) >= 11 is 0. The van der Waals surface area contributed by atoms with Gasteiger partial charge in [-0.2, -0.15) is 0 Å². The van der Waals surface area contributed by atoms with E-state index in [1.54, 1.807) is 4.90 Å². The smallest absolute Gasteiger partial charge is 0.409 e. The van der Waals surface area contributed by atoms with E-state index in [-0.39, 0.29) is 24.0 Å². The predicted molar refractivity (Wildman–Crippen MR) is 138 cm³/mol. The molecule has 2 aromatic carbocycles. The first-order valence-electron chi connectivity index (χ1n) is 13.0. The number of carbonyl (C=O) groups is 2. The predicted octanol–water partition coefficient (Wildman–Crippen LogP) is 5.63. The molecule has 7 nitrogen and oxygen atoms in total. The first-order chi connectivity index (χ1) is 17.4. The molecule has 1 fully saturated rings. The van der Waals surface area contributed by atoms with Crippen molar-refractivity contribution in [1.82, 2.24) is 14.5 Å². The molecular weight excluding hydrogens is 454 g/mol. The van der Waals surface area contributed by atoms with Crippen molar-refractivity contribution in [1.29, 1.82) is 0 Å². The second kappa shape index (κ2) is 9.96. The van der Waals surface area contributed by atoms with Gasteiger partial charge in [-0.25, -0.2) is 9.78 Å². The lowest BCUT2D eigenvalue weighted by atomic mass is 9.81. The second-order valence-electron chi connectivity index (χ2n) is 10.4. The van der Waals surface area contributed by atoms with Crippen LogP contribution in [0.1, 0.15) is 72.6 Å². The molecule has 0 spiro atoms. The maximum atomic E-state index is 12.3. The molecule has 2 aliphatic rings. The maximum Gasteiger partial charge on any atom is 0.409 e. The van der Waals surface area contributed by atoms with Gasteiger partial charge in [-0.3, -0.25) is 4.79 Å². The molecule has 36 heavy (non-hydrogen) atoms. The lowest BCUT2D eigenvalue weighted by Gasteiger charge is -2.29. The molecule has 3 aromatic rings. The summed E-state index contributed by atoms with van der Waals surface area (Å²) in [6.45, 7) is 5.48. The number of carbonyl (C=O) groups excluding carboxylic acids is 1. The fourth-order valence-corrected chi connectivity index (χ4v) is 6.15. The zero-order valence-electron chi connectivity index (χ0n) is 21.4. The van der Waals surface area contributed by atoms with E-state index in [2.05, 4.69) is 54.8 Å². The number of aromatic nitrogens is 2. The van der Waals surface area contributed by atoms with E-state index in [0.717, 1.165) is 54.5 Å². The van der Waals surface area contributed by atoms with Gasteiger partial charge < -0.3 is 19.3 Å². The Labute approximate surface area is 212 Å². The largest absolute Gasteiger partial charge is 0.481 e. The Morgan fingerprint density at radius 2 is 2.00 bits per heavy atom. The highest BCUT2D eigenvalue weighted by molar-refractivity contribution is 5.82. The third kappa shape index (κ3) is 4.47. The van der Waals surface area contributed by atoms with Crippen molar-refractivity contribution in [2.24, 2.45) is 5.92 Å². The number of amides is 1. The van der Waals surface area contributed by atoms with Crippen molar-refractivity contribution in [3.63, 3.8) is 0 Å². The van der Waals surface area contributed by atoms with Crippen LogP contribution in [0.25, 0.3) is 11.0 Å². The molecule has 1 aliphatic heterocycles. The zero-order valence-corrected chi connectivity index (χ0v) is 21.4. The van der Waals surface area contributed by atoms with E-state index in [1.807, 2.05) is 0 Å². The molecule has 5 rings (SSSR count). The number of ether oxygens (including phenoxy) is 1. The van der Waals surface area contributed by atoms with E-state index in [9.17, 15) is 14.7 Å². The number of aliphatic carboxylic acids is 1. The van der Waals surface area contributed by atoms with Gasteiger partial charge in [-0.15, -0.1) is 0 Å². The topological polar surface area (TPSA) is 84.7 Å². The van der Waals surface area contributed by atoms with Gasteiger partial charge in [0, 0.05) is 24.1 Å². The highest BCUT2D eigenvalue weighted by atomic mass is 16.5. The number of carboxylic acids is 1. The number of hydrogen-bond donors (Lipinski definition) is 1. The molecule has 1 amide bonds. The second-order valence-corrected chi connectivity index (χ2v) is 10.4. The van der Waals surface area contributed by atoms with Crippen LogP contribution in [0.3, 0.4) is 0 Å². The lowest BCUT2D eigenvalue weighted by Crippen LogP contribution is -2.35. The van der Waals surface area contributed by atoms with E-state index >= 15 is 0 Å². The van der Waals surface area contributed by atoms with Gasteiger partial charge >= 0.3 is 12.1 Å². The third-order valence-corrected chi connectivity index (χ3v) is 8.13. The van der Waals surface area contributed by atoms with E-state index in [1.165, 1.54) is 23.8 Å². The fraction of sp³-hybridized carbons (Fsp3) is 0.483. The molecule has 7 heteroatoms. The third-order valence-electron chi connectivity index (χ3n) is 8.13. The van der Waals surface area contributed by atoms with Crippen molar-refractivity contribution < 1.29 is 19.4 Å². The van der Waals surface area contributed by atoms with Crippen LogP contribution in [0.15, 0.2) is 36.4 Å². The highest BCUT2D eigenvalue weighted by Gasteiger charge is 2.33. The number of hydrogen-bond acceptors (Lipinski definition) is 4. The maximum absolute atomic E-state index is 12.3. The zero-order chi connectivity index (χ0) is 25.4. The SMILES string of the molecule is COC(=O)N1CCc2ccc3c(nc([C@@H]4CCC[C@@H](C(=O)O)C4)n3[C@@H](C)Cc3ccccc3C)c2C1. The van der Waals surface area contributed by atoms with Crippen molar-refractivity contribution in [2.45, 2.75) is 70.9 Å². The van der Waals surface area contributed by atoms with Crippen LogP contribution in [0.2, 0.25) is 0 Å². The Balaban J connectivity index is 1.61. The van der Waals surface area contributed by atoms with Crippen LogP contribution in [0.5, 0.6) is 0 Å². The summed E-state index contributed by atoms with van der Waals surface area (Å²) in [4.78, 5) is 31.1. The van der Waals surface area contributed by atoms with Crippen molar-refractivity contribution in [2.75, 3.05) is 13.7 Å². The van der Waals surface area contributed by atoms with Gasteiger partial charge in [0.2, 0.25) is 0 Å². The normalized spacial score (nSPS) is 20.7. The average molecular weight is 490 g/mol. The number of nitrogens with zero attached hydrogens (tertiary/aromatic N) is 3. The molecule has 1 aliphatic carbocycles. The van der Waals surface area contributed by atoms with Crippen molar-refractivity contribution >= 4 is 23.1 Å². The van der Waals surface area contributed by atoms with Crippen LogP contribution in [0, 0.1) is 12.8 Å². The number of rotatable bonds is 5. The molecular formula is C29H35N3O4. The van der Waals surface area contributed by atoms with Crippen LogP contribution in [0.4, 0.5) is 4.79 Å². The summed E-state index contributed by atoms with van der Waals surface area (Å²) in [6.07, 6.45) is 4.51. The van der Waals surface area contributed by atoms with Gasteiger partial charge in [0.05, 0.1) is 30.6 Å². The minimum Gasteiger partial charge on any atom is -0.481 e. The number of imidazole rings is 1. The molecule has 190 valence electrons. The van der Waals surface area contributed by atoms with Crippen LogP contribution in [-0.2, 0) is 28.9 Å². The quantitative estimate of drug-likeness (QED) is 0.502. The molecule has 0 bridgehead atoms. The fourth-order valence-electron chi connectivity index (χ4n) is 6.15. The van der Waals surface area contributed by atoms with Crippen LogP contribution in [-0.4, -0.2) is 45.3 Å². The highest BCUT2D eigenvalue weighted by Crippen LogP contribution is 2.40. The van der Waals surface area contributed by atoms with Gasteiger partial charge in [0.15, 0.2) is 0 Å². The molecule has 0 radical (unpaired) electrons. The minimum absolute atomic E-state index is 0.0996. The summed E-state index contributed by atoms with van der Waals surface area (Å²) < 4.78 is 7.35. The van der Waals surface area contributed by atoms with Gasteiger partial charge in [0.25, 0.3) is 0 Å². The van der Waals surface area contributed by atoms with Gasteiger partial charge in [-0.1, -0.05) is 36.8 Å². The summed E-state index contributed by atoms with van der Waals surface area (Å²) in [5.41, 5.74) is 6.87. The molecule has 0 saturated heterocycles. The average Bonchev–Trinajstić information content (AvgIpc) is 3.29.